The summed E-state index contributed by atoms with van der Waals surface area (Å²) in [6.07, 6.45) is 4.69. The molecule has 0 amide bonds. The van der Waals surface area contributed by atoms with E-state index in [-0.39, 0.29) is 12.8 Å². The van der Waals surface area contributed by atoms with E-state index in [2.05, 4.69) is 25.6 Å². The maximum Gasteiger partial charge on any atom is 0.206 e. The standard InChI is InChI=1S/C16H16F2N6S/c1-24-8-10(7-21-24)14-22-23-15(25-14)20-9-16(5-11(17)6-16)13-12(18)3-2-4-19-13/h2-4,7-8,11H,5-6,9H2,1H3,(H,20,23). The summed E-state index contributed by atoms with van der Waals surface area (Å²) in [7, 11) is 1.83. The lowest BCUT2D eigenvalue weighted by molar-refractivity contribution is 0.0965. The van der Waals surface area contributed by atoms with Crippen molar-refractivity contribution in [3.8, 4) is 10.6 Å². The molecule has 0 saturated heterocycles. The van der Waals surface area contributed by atoms with Crippen molar-refractivity contribution in [2.75, 3.05) is 11.9 Å². The number of nitrogens with one attached hydrogen (secondary N) is 1. The Morgan fingerprint density at radius 3 is 2.92 bits per heavy atom. The van der Waals surface area contributed by atoms with E-state index < -0.39 is 17.4 Å². The predicted molar refractivity (Wildman–Crippen MR) is 90.6 cm³/mol. The third-order valence-electron chi connectivity index (χ3n) is 4.44. The molecule has 0 spiro atoms. The van der Waals surface area contributed by atoms with Crippen molar-refractivity contribution >= 4 is 16.5 Å². The van der Waals surface area contributed by atoms with Crippen LogP contribution in [0.15, 0.2) is 30.7 Å². The monoisotopic (exact) mass is 362 g/mol. The van der Waals surface area contributed by atoms with Gasteiger partial charge in [-0.2, -0.15) is 5.10 Å². The molecule has 130 valence electrons. The maximum absolute atomic E-state index is 14.1. The van der Waals surface area contributed by atoms with Gasteiger partial charge in [-0.1, -0.05) is 11.3 Å². The average Bonchev–Trinajstić information content (AvgIpc) is 3.20. The average molecular weight is 362 g/mol. The van der Waals surface area contributed by atoms with Gasteiger partial charge in [0.15, 0.2) is 5.01 Å². The number of hydrogen-bond donors (Lipinski definition) is 1. The highest BCUT2D eigenvalue weighted by atomic mass is 32.1. The van der Waals surface area contributed by atoms with Crippen LogP contribution in [0.3, 0.4) is 0 Å². The zero-order valence-corrected chi connectivity index (χ0v) is 14.3. The number of halogens is 2. The van der Waals surface area contributed by atoms with Crippen LogP contribution in [0.4, 0.5) is 13.9 Å². The summed E-state index contributed by atoms with van der Waals surface area (Å²) in [6.45, 7) is 0.364. The Kier molecular flexibility index (Phi) is 3.95. The molecule has 1 aliphatic carbocycles. The van der Waals surface area contributed by atoms with Gasteiger partial charge in [-0.15, -0.1) is 10.2 Å². The normalized spacial score (nSPS) is 22.6. The van der Waals surface area contributed by atoms with Gasteiger partial charge in [-0.05, 0) is 25.0 Å². The number of aryl methyl sites for hydroxylation is 1. The minimum Gasteiger partial charge on any atom is -0.359 e. The molecule has 3 aromatic rings. The van der Waals surface area contributed by atoms with E-state index in [1.54, 1.807) is 10.9 Å². The van der Waals surface area contributed by atoms with E-state index >= 15 is 0 Å². The molecule has 0 atom stereocenters. The first-order chi connectivity index (χ1) is 12.1. The third-order valence-corrected chi connectivity index (χ3v) is 5.37. The van der Waals surface area contributed by atoms with E-state index in [1.165, 1.54) is 29.7 Å². The summed E-state index contributed by atoms with van der Waals surface area (Å²) in [5.74, 6) is -0.399. The topological polar surface area (TPSA) is 68.5 Å². The Morgan fingerprint density at radius 1 is 1.40 bits per heavy atom. The fraction of sp³-hybridized carbons (Fsp3) is 0.375. The van der Waals surface area contributed by atoms with Crippen molar-refractivity contribution in [2.45, 2.75) is 24.4 Å². The van der Waals surface area contributed by atoms with E-state index in [0.29, 0.717) is 17.4 Å². The molecular weight excluding hydrogens is 346 g/mol. The Hall–Kier alpha value is -2.42. The van der Waals surface area contributed by atoms with Gasteiger partial charge in [0.25, 0.3) is 0 Å². The molecule has 0 bridgehead atoms. The van der Waals surface area contributed by atoms with Crippen LogP contribution in [0.2, 0.25) is 0 Å². The smallest absolute Gasteiger partial charge is 0.206 e. The Morgan fingerprint density at radius 2 is 2.24 bits per heavy atom. The molecule has 3 aromatic heterocycles. The second kappa shape index (κ2) is 6.14. The Balaban J connectivity index is 1.51. The molecule has 1 N–H and O–H groups in total. The SMILES string of the molecule is Cn1cc(-c2nnc(NCC3(c4ncccc4F)CC(F)C3)s2)cn1. The summed E-state index contributed by atoms with van der Waals surface area (Å²) in [4.78, 5) is 4.15. The molecular formula is C16H16F2N6S. The van der Waals surface area contributed by atoms with Crippen LogP contribution in [0, 0.1) is 5.82 Å². The van der Waals surface area contributed by atoms with Gasteiger partial charge < -0.3 is 5.32 Å². The number of hydrogen-bond acceptors (Lipinski definition) is 6. The Bertz CT molecular complexity index is 886. The summed E-state index contributed by atoms with van der Waals surface area (Å²) in [6, 6.07) is 2.90. The van der Waals surface area contributed by atoms with E-state index in [1.807, 2.05) is 13.2 Å². The van der Waals surface area contributed by atoms with Crippen molar-refractivity contribution in [1.29, 1.82) is 0 Å². The second-order valence-electron chi connectivity index (χ2n) is 6.29. The highest BCUT2D eigenvalue weighted by molar-refractivity contribution is 7.18. The van der Waals surface area contributed by atoms with E-state index in [0.717, 1.165) is 10.6 Å². The van der Waals surface area contributed by atoms with Crippen LogP contribution in [-0.4, -0.2) is 37.7 Å². The number of nitrogens with zero attached hydrogens (tertiary/aromatic N) is 5. The molecule has 25 heavy (non-hydrogen) atoms. The largest absolute Gasteiger partial charge is 0.359 e. The number of anilines is 1. The molecule has 6 nitrogen and oxygen atoms in total. The molecule has 1 saturated carbocycles. The van der Waals surface area contributed by atoms with Crippen LogP contribution in [-0.2, 0) is 12.5 Å². The number of pyridine rings is 1. The first-order valence-corrected chi connectivity index (χ1v) is 8.69. The number of aromatic nitrogens is 5. The van der Waals surface area contributed by atoms with Crippen LogP contribution in [0.5, 0.6) is 0 Å². The van der Waals surface area contributed by atoms with Crippen molar-refractivity contribution in [1.82, 2.24) is 25.0 Å². The fourth-order valence-electron chi connectivity index (χ4n) is 3.17. The van der Waals surface area contributed by atoms with Crippen molar-refractivity contribution in [3.05, 3.63) is 42.2 Å². The Labute approximate surface area is 146 Å². The van der Waals surface area contributed by atoms with E-state index in [9.17, 15) is 8.78 Å². The minimum atomic E-state index is -0.927. The van der Waals surface area contributed by atoms with Gasteiger partial charge >= 0.3 is 0 Å². The highest BCUT2D eigenvalue weighted by Crippen LogP contribution is 2.45. The zero-order valence-electron chi connectivity index (χ0n) is 13.5. The van der Waals surface area contributed by atoms with Crippen molar-refractivity contribution in [3.63, 3.8) is 0 Å². The van der Waals surface area contributed by atoms with Crippen LogP contribution >= 0.6 is 11.3 Å². The van der Waals surface area contributed by atoms with Gasteiger partial charge in [0.1, 0.15) is 12.0 Å². The minimum absolute atomic E-state index is 0.252. The van der Waals surface area contributed by atoms with Crippen molar-refractivity contribution < 1.29 is 8.78 Å². The van der Waals surface area contributed by atoms with Crippen LogP contribution < -0.4 is 5.32 Å². The lowest BCUT2D eigenvalue weighted by Crippen LogP contribution is -2.48. The third kappa shape index (κ3) is 2.99. The van der Waals surface area contributed by atoms with Gasteiger partial charge in [0, 0.05) is 31.4 Å². The maximum atomic E-state index is 14.1. The molecule has 0 aromatic carbocycles. The summed E-state index contributed by atoms with van der Waals surface area (Å²) in [5.41, 5.74) is 0.546. The molecule has 1 aliphatic rings. The van der Waals surface area contributed by atoms with Gasteiger partial charge in [0.05, 0.1) is 17.5 Å². The molecule has 0 radical (unpaired) electrons. The zero-order chi connectivity index (χ0) is 17.4. The second-order valence-corrected chi connectivity index (χ2v) is 7.27. The van der Waals surface area contributed by atoms with Crippen LogP contribution in [0.25, 0.3) is 10.6 Å². The first kappa shape index (κ1) is 16.1. The van der Waals surface area contributed by atoms with Crippen molar-refractivity contribution in [2.24, 2.45) is 7.05 Å². The molecule has 4 rings (SSSR count). The van der Waals surface area contributed by atoms with Gasteiger partial charge in [0.2, 0.25) is 5.13 Å². The number of alkyl halides is 1. The quantitative estimate of drug-likeness (QED) is 0.756. The molecule has 0 unspecified atom stereocenters. The fourth-order valence-corrected chi connectivity index (χ4v) is 3.89. The molecule has 9 heteroatoms. The van der Waals surface area contributed by atoms with Crippen LogP contribution in [0.1, 0.15) is 18.5 Å². The summed E-state index contributed by atoms with van der Waals surface area (Å²) >= 11 is 1.38. The summed E-state index contributed by atoms with van der Waals surface area (Å²) < 4.78 is 29.4. The lowest BCUT2D eigenvalue weighted by Gasteiger charge is -2.43. The highest BCUT2D eigenvalue weighted by Gasteiger charge is 2.48. The van der Waals surface area contributed by atoms with E-state index in [4.69, 9.17) is 0 Å². The summed E-state index contributed by atoms with van der Waals surface area (Å²) in [5, 5.41) is 16.9. The predicted octanol–water partition coefficient (Wildman–Crippen LogP) is 2.95. The van der Waals surface area contributed by atoms with Gasteiger partial charge in [-0.25, -0.2) is 8.78 Å². The molecule has 0 aliphatic heterocycles. The molecule has 3 heterocycles. The van der Waals surface area contributed by atoms with Gasteiger partial charge in [-0.3, -0.25) is 9.67 Å². The number of rotatable bonds is 5. The lowest BCUT2D eigenvalue weighted by atomic mass is 9.65. The molecule has 1 fully saturated rings. The first-order valence-electron chi connectivity index (χ1n) is 7.87.